The van der Waals surface area contributed by atoms with Crippen LogP contribution in [0, 0.1) is 0 Å². The van der Waals surface area contributed by atoms with Gasteiger partial charge in [-0.1, -0.05) is 164 Å². The van der Waals surface area contributed by atoms with Gasteiger partial charge in [-0.3, -0.25) is 0 Å². The number of rotatable bonds is 6. The van der Waals surface area contributed by atoms with Crippen molar-refractivity contribution >= 4 is 103 Å². The third kappa shape index (κ3) is 5.78. The fraction of sp³-hybridized carbons (Fsp3) is 0. The number of hydrogen-bond acceptors (Lipinski definition) is 2. The summed E-state index contributed by atoms with van der Waals surface area (Å²) >= 11 is 1.88. The summed E-state index contributed by atoms with van der Waals surface area (Å²) in [4.78, 5) is 2.49. The van der Waals surface area contributed by atoms with E-state index in [-0.39, 0.29) is 0 Å². The van der Waals surface area contributed by atoms with Crippen LogP contribution in [-0.2, 0) is 0 Å². The molecule has 2 aromatic heterocycles. The smallest absolute Gasteiger partial charge is 0.0646 e. The molecule has 13 rings (SSSR count). The molecule has 0 aliphatic carbocycles. The summed E-state index contributed by atoms with van der Waals surface area (Å²) in [5.41, 5.74) is 11.7. The van der Waals surface area contributed by atoms with Gasteiger partial charge in [-0.25, -0.2) is 0 Å². The first-order valence-electron chi connectivity index (χ1n) is 21.6. The normalized spacial score (nSPS) is 11.8. The second-order valence-corrected chi connectivity index (χ2v) is 17.5. The number of thiophene rings is 1. The first kappa shape index (κ1) is 35.7. The minimum absolute atomic E-state index is 1.11. The van der Waals surface area contributed by atoms with Gasteiger partial charge >= 0.3 is 0 Å². The number of benzene rings is 11. The molecule has 0 aliphatic rings. The molecule has 0 atom stereocenters. The van der Waals surface area contributed by atoms with Crippen LogP contribution < -0.4 is 4.90 Å². The molecule has 0 saturated heterocycles. The monoisotopic (exact) mass is 818 g/mol. The van der Waals surface area contributed by atoms with E-state index in [1.54, 1.807) is 0 Å². The van der Waals surface area contributed by atoms with Crippen LogP contribution in [0.15, 0.2) is 231 Å². The highest BCUT2D eigenvalue weighted by Gasteiger charge is 2.22. The molecule has 63 heavy (non-hydrogen) atoms. The van der Waals surface area contributed by atoms with E-state index in [1.807, 2.05) is 11.3 Å². The molecule has 0 unspecified atom stereocenters. The van der Waals surface area contributed by atoms with Crippen LogP contribution in [0.3, 0.4) is 0 Å². The van der Waals surface area contributed by atoms with Gasteiger partial charge in [0, 0.05) is 43.3 Å². The molecule has 2 heterocycles. The van der Waals surface area contributed by atoms with Crippen LogP contribution in [-0.4, -0.2) is 4.57 Å². The van der Waals surface area contributed by atoms with Crippen LogP contribution in [0.1, 0.15) is 0 Å². The van der Waals surface area contributed by atoms with Crippen LogP contribution in [0.2, 0.25) is 0 Å². The van der Waals surface area contributed by atoms with Gasteiger partial charge < -0.3 is 9.47 Å². The van der Waals surface area contributed by atoms with Gasteiger partial charge in [0.15, 0.2) is 0 Å². The van der Waals surface area contributed by atoms with Crippen molar-refractivity contribution < 1.29 is 0 Å². The lowest BCUT2D eigenvalue weighted by Gasteiger charge is -2.27. The third-order valence-corrected chi connectivity index (χ3v) is 14.1. The number of hydrogen-bond donors (Lipinski definition) is 0. The van der Waals surface area contributed by atoms with Crippen molar-refractivity contribution in [2.24, 2.45) is 0 Å². The maximum Gasteiger partial charge on any atom is 0.0646 e. The molecular weight excluding hydrogens is 781 g/mol. The Labute approximate surface area is 368 Å². The molecule has 0 radical (unpaired) electrons. The fourth-order valence-corrected chi connectivity index (χ4v) is 11.1. The van der Waals surface area contributed by atoms with Gasteiger partial charge in [0.1, 0.15) is 0 Å². The first-order chi connectivity index (χ1) is 31.2. The van der Waals surface area contributed by atoms with Crippen molar-refractivity contribution in [3.8, 4) is 27.9 Å². The zero-order chi connectivity index (χ0) is 41.4. The average Bonchev–Trinajstić information content (AvgIpc) is 3.91. The highest BCUT2D eigenvalue weighted by Crippen LogP contribution is 2.48. The Kier molecular flexibility index (Phi) is 8.12. The van der Waals surface area contributed by atoms with E-state index in [2.05, 4.69) is 240 Å². The zero-order valence-electron chi connectivity index (χ0n) is 34.2. The Hall–Kier alpha value is -7.98. The Morgan fingerprint density at radius 3 is 1.75 bits per heavy atom. The van der Waals surface area contributed by atoms with Crippen LogP contribution in [0.25, 0.3) is 102 Å². The van der Waals surface area contributed by atoms with Crippen molar-refractivity contribution in [2.75, 3.05) is 4.90 Å². The zero-order valence-corrected chi connectivity index (χ0v) is 35.1. The average molecular weight is 819 g/mol. The lowest BCUT2D eigenvalue weighted by molar-refractivity contribution is 1.18. The molecule has 0 aliphatic heterocycles. The minimum Gasteiger partial charge on any atom is -0.309 e. The predicted molar refractivity (Wildman–Crippen MR) is 272 cm³/mol. The van der Waals surface area contributed by atoms with Crippen molar-refractivity contribution in [1.29, 1.82) is 0 Å². The van der Waals surface area contributed by atoms with E-state index >= 15 is 0 Å². The number of anilines is 3. The lowest BCUT2D eigenvalue weighted by atomic mass is 9.98. The Balaban J connectivity index is 1.09. The van der Waals surface area contributed by atoms with Crippen LogP contribution >= 0.6 is 11.3 Å². The van der Waals surface area contributed by atoms with Crippen molar-refractivity contribution in [2.45, 2.75) is 0 Å². The van der Waals surface area contributed by atoms with Crippen molar-refractivity contribution in [3.05, 3.63) is 231 Å². The predicted octanol–water partition coefficient (Wildman–Crippen LogP) is 17.4. The van der Waals surface area contributed by atoms with E-state index < -0.39 is 0 Å². The van der Waals surface area contributed by atoms with Gasteiger partial charge in [-0.2, -0.15) is 0 Å². The van der Waals surface area contributed by atoms with Crippen molar-refractivity contribution in [3.63, 3.8) is 0 Å². The van der Waals surface area contributed by atoms with Gasteiger partial charge in [-0.05, 0) is 121 Å². The van der Waals surface area contributed by atoms with Crippen LogP contribution in [0.5, 0.6) is 0 Å². The molecule has 13 aromatic rings. The molecule has 0 amide bonds. The number of para-hydroxylation sites is 1. The van der Waals surface area contributed by atoms with Gasteiger partial charge in [0.05, 0.1) is 21.4 Å². The summed E-state index contributed by atoms with van der Waals surface area (Å²) in [5.74, 6) is 0. The van der Waals surface area contributed by atoms with E-state index in [9.17, 15) is 0 Å². The molecule has 11 aromatic carbocycles. The summed E-state index contributed by atoms with van der Waals surface area (Å²) in [7, 11) is 0. The first-order valence-corrected chi connectivity index (χ1v) is 22.4. The maximum atomic E-state index is 2.49. The quantitative estimate of drug-likeness (QED) is 0.152. The largest absolute Gasteiger partial charge is 0.309 e. The molecule has 2 nitrogen and oxygen atoms in total. The summed E-state index contributed by atoms with van der Waals surface area (Å²) in [6.07, 6.45) is 0. The Bertz CT molecular complexity index is 3900. The second kappa shape index (κ2) is 14.3. The lowest BCUT2D eigenvalue weighted by Crippen LogP contribution is -2.10. The second-order valence-electron chi connectivity index (χ2n) is 16.5. The van der Waals surface area contributed by atoms with Gasteiger partial charge in [-0.15, -0.1) is 11.3 Å². The molecule has 0 spiro atoms. The Morgan fingerprint density at radius 1 is 0.333 bits per heavy atom. The maximum absolute atomic E-state index is 2.49. The number of nitrogens with zero attached hydrogens (tertiary/aromatic N) is 2. The summed E-state index contributed by atoms with van der Waals surface area (Å²) in [6, 6.07) is 84.9. The topological polar surface area (TPSA) is 8.17 Å². The summed E-state index contributed by atoms with van der Waals surface area (Å²) in [6.45, 7) is 0. The highest BCUT2D eigenvalue weighted by atomic mass is 32.1. The molecule has 0 bridgehead atoms. The van der Waals surface area contributed by atoms with E-state index in [0.717, 1.165) is 22.7 Å². The number of aromatic nitrogens is 1. The number of fused-ring (bicyclic) bond motifs is 11. The summed E-state index contributed by atoms with van der Waals surface area (Å²) in [5, 5.41) is 12.6. The molecule has 0 N–H and O–H groups in total. The van der Waals surface area contributed by atoms with Crippen molar-refractivity contribution in [1.82, 2.24) is 4.57 Å². The van der Waals surface area contributed by atoms with Gasteiger partial charge in [0.25, 0.3) is 0 Å². The molecule has 294 valence electrons. The minimum atomic E-state index is 1.11. The molecule has 0 saturated carbocycles. The standard InChI is InChI=1S/C60H38N2S/c1-3-13-39(14-4-1)40-25-30-47(31-26-40)61(48-32-27-43-24-23-41-15-7-9-19-49(41)53(43)38-48)57-37-45(35-54-51-21-11-12-22-58(51)63-60(54)57)44-28-33-52-56(36-44)62(46-17-5-2-6-18-46)55-34-29-42-16-8-10-20-50(42)59(52)55/h1-38H. The Morgan fingerprint density at radius 2 is 0.937 bits per heavy atom. The molecule has 3 heteroatoms. The van der Waals surface area contributed by atoms with E-state index in [4.69, 9.17) is 0 Å². The molecule has 0 fully saturated rings. The molecular formula is C60H38N2S. The SMILES string of the molecule is c1ccc(-c2ccc(N(c3ccc4ccc5ccccc5c4c3)c3cc(-c4ccc5c6c7ccccc7ccc6n(-c6ccccc6)c5c4)cc4c3sc3ccccc34)cc2)cc1. The summed E-state index contributed by atoms with van der Waals surface area (Å²) < 4.78 is 4.98. The third-order valence-electron chi connectivity index (χ3n) is 12.9. The van der Waals surface area contributed by atoms with Crippen LogP contribution in [0.4, 0.5) is 17.1 Å². The van der Waals surface area contributed by atoms with E-state index in [0.29, 0.717) is 0 Å². The fourth-order valence-electron chi connectivity index (χ4n) is 9.95. The highest BCUT2D eigenvalue weighted by molar-refractivity contribution is 7.26. The van der Waals surface area contributed by atoms with Gasteiger partial charge in [0.2, 0.25) is 0 Å². The van der Waals surface area contributed by atoms with E-state index in [1.165, 1.54) is 96.5 Å².